The summed E-state index contributed by atoms with van der Waals surface area (Å²) in [6.07, 6.45) is -4.65. The summed E-state index contributed by atoms with van der Waals surface area (Å²) in [7, 11) is -4.37. The Morgan fingerprint density at radius 1 is 1.44 bits per heavy atom. The van der Waals surface area contributed by atoms with Crippen LogP contribution in [0.2, 0.25) is 0 Å². The van der Waals surface area contributed by atoms with Crippen molar-refractivity contribution in [2.24, 2.45) is 0 Å². The molecule has 98 valence electrons. The molecule has 0 unspecified atom stereocenters. The highest BCUT2D eigenvalue weighted by molar-refractivity contribution is 7.94. The fourth-order valence-corrected chi connectivity index (χ4v) is 1.91. The third-order valence-electron chi connectivity index (χ3n) is 1.86. The minimum Gasteiger partial charge on any atom is -0.258 e. The molecule has 0 spiro atoms. The average Bonchev–Trinajstić information content (AvgIpc) is 2.27. The average molecular weight is 282 g/mol. The SMILES string of the molecule is C=CS(=O)(=O)c1cc(C(F)(F)F)ncc1[N+](=O)[O-]. The Bertz CT molecular complexity index is 609. The van der Waals surface area contributed by atoms with Crippen molar-refractivity contribution < 1.29 is 26.5 Å². The second kappa shape index (κ2) is 4.37. The fraction of sp³-hybridized carbons (Fsp3) is 0.125. The summed E-state index contributed by atoms with van der Waals surface area (Å²) in [6, 6.07) is 0.106. The van der Waals surface area contributed by atoms with Crippen molar-refractivity contribution in [1.29, 1.82) is 0 Å². The van der Waals surface area contributed by atoms with Crippen molar-refractivity contribution in [3.05, 3.63) is 40.1 Å². The van der Waals surface area contributed by atoms with E-state index in [4.69, 9.17) is 0 Å². The molecule has 0 atom stereocenters. The highest BCUT2D eigenvalue weighted by Gasteiger charge is 2.36. The summed E-state index contributed by atoms with van der Waals surface area (Å²) >= 11 is 0. The summed E-state index contributed by atoms with van der Waals surface area (Å²) in [5.41, 5.74) is -2.57. The fourth-order valence-electron chi connectivity index (χ4n) is 1.04. The van der Waals surface area contributed by atoms with Gasteiger partial charge in [0.1, 0.15) is 11.9 Å². The monoisotopic (exact) mass is 282 g/mol. The van der Waals surface area contributed by atoms with Gasteiger partial charge in [0.05, 0.1) is 4.92 Å². The molecule has 0 saturated heterocycles. The molecule has 0 fully saturated rings. The van der Waals surface area contributed by atoms with Crippen LogP contribution < -0.4 is 0 Å². The van der Waals surface area contributed by atoms with Crippen molar-refractivity contribution in [2.75, 3.05) is 0 Å². The minimum absolute atomic E-state index is 0.106. The molecule has 6 nitrogen and oxygen atoms in total. The van der Waals surface area contributed by atoms with Crippen LogP contribution in [-0.4, -0.2) is 18.3 Å². The first-order chi connectivity index (χ1) is 8.09. The number of aromatic nitrogens is 1. The predicted molar refractivity (Wildman–Crippen MR) is 53.3 cm³/mol. The van der Waals surface area contributed by atoms with Gasteiger partial charge >= 0.3 is 11.9 Å². The third kappa shape index (κ3) is 2.64. The van der Waals surface area contributed by atoms with Gasteiger partial charge < -0.3 is 0 Å². The van der Waals surface area contributed by atoms with E-state index in [2.05, 4.69) is 11.6 Å². The Kier molecular flexibility index (Phi) is 3.42. The van der Waals surface area contributed by atoms with E-state index in [1.807, 2.05) is 0 Å². The molecule has 0 radical (unpaired) electrons. The number of pyridine rings is 1. The van der Waals surface area contributed by atoms with Crippen molar-refractivity contribution in [1.82, 2.24) is 4.98 Å². The number of nitrogens with zero attached hydrogens (tertiary/aromatic N) is 2. The molecule has 0 bridgehead atoms. The first-order valence-corrected chi connectivity index (χ1v) is 5.73. The lowest BCUT2D eigenvalue weighted by atomic mass is 10.3. The number of nitro groups is 1. The van der Waals surface area contributed by atoms with E-state index < -0.39 is 37.2 Å². The van der Waals surface area contributed by atoms with Crippen LogP contribution in [0.3, 0.4) is 0 Å². The van der Waals surface area contributed by atoms with Gasteiger partial charge in [-0.25, -0.2) is 13.4 Å². The molecule has 0 aliphatic carbocycles. The molecular formula is C8H5F3N2O4S. The number of hydrogen-bond donors (Lipinski definition) is 0. The maximum Gasteiger partial charge on any atom is 0.433 e. The number of hydrogen-bond acceptors (Lipinski definition) is 5. The van der Waals surface area contributed by atoms with Crippen molar-refractivity contribution in [3.8, 4) is 0 Å². The molecule has 1 rings (SSSR count). The molecule has 18 heavy (non-hydrogen) atoms. The molecule has 0 aromatic carbocycles. The zero-order chi connectivity index (χ0) is 14.1. The van der Waals surface area contributed by atoms with Gasteiger partial charge in [0.15, 0.2) is 4.90 Å². The van der Waals surface area contributed by atoms with Crippen LogP contribution in [0.1, 0.15) is 5.69 Å². The van der Waals surface area contributed by atoms with E-state index in [0.717, 1.165) is 0 Å². The molecule has 1 aromatic heterocycles. The van der Waals surface area contributed by atoms with Crippen LogP contribution >= 0.6 is 0 Å². The lowest BCUT2D eigenvalue weighted by molar-refractivity contribution is -0.388. The third-order valence-corrected chi connectivity index (χ3v) is 3.24. The van der Waals surface area contributed by atoms with Gasteiger partial charge in [0.25, 0.3) is 0 Å². The van der Waals surface area contributed by atoms with Crippen LogP contribution in [0, 0.1) is 10.1 Å². The van der Waals surface area contributed by atoms with Gasteiger partial charge in [0, 0.05) is 5.41 Å². The van der Waals surface area contributed by atoms with E-state index in [1.165, 1.54) is 0 Å². The first kappa shape index (κ1) is 14.1. The highest BCUT2D eigenvalue weighted by Crippen LogP contribution is 2.32. The van der Waals surface area contributed by atoms with Crippen LogP contribution in [0.25, 0.3) is 0 Å². The minimum atomic E-state index is -4.90. The molecule has 0 aliphatic rings. The topological polar surface area (TPSA) is 90.2 Å². The molecule has 1 heterocycles. The van der Waals surface area contributed by atoms with Gasteiger partial charge in [-0.3, -0.25) is 10.1 Å². The van der Waals surface area contributed by atoms with Gasteiger partial charge in [-0.2, -0.15) is 13.2 Å². The molecule has 0 amide bonds. The van der Waals surface area contributed by atoms with Crippen molar-refractivity contribution in [2.45, 2.75) is 11.1 Å². The van der Waals surface area contributed by atoms with E-state index in [9.17, 15) is 31.7 Å². The summed E-state index contributed by atoms with van der Waals surface area (Å²) < 4.78 is 59.8. The number of alkyl halides is 3. The number of rotatable bonds is 3. The zero-order valence-electron chi connectivity index (χ0n) is 8.51. The molecule has 10 heteroatoms. The Labute approximate surface area is 98.8 Å². The molecular weight excluding hydrogens is 277 g/mol. The van der Waals surface area contributed by atoms with E-state index in [1.54, 1.807) is 0 Å². The number of sulfone groups is 1. The van der Waals surface area contributed by atoms with Crippen LogP contribution in [0.5, 0.6) is 0 Å². The van der Waals surface area contributed by atoms with Crippen LogP contribution in [-0.2, 0) is 16.0 Å². The number of halogens is 3. The lowest BCUT2D eigenvalue weighted by Gasteiger charge is -2.07. The summed E-state index contributed by atoms with van der Waals surface area (Å²) in [5, 5.41) is 10.9. The summed E-state index contributed by atoms with van der Waals surface area (Å²) in [5.74, 6) is 0. The van der Waals surface area contributed by atoms with E-state index in [0.29, 0.717) is 5.41 Å². The standard InChI is InChI=1S/C8H5F3N2O4S/c1-2-18(16,17)6-3-7(8(9,10)11)12-4-5(6)13(14)15/h2-4H,1H2. The van der Waals surface area contributed by atoms with Gasteiger partial charge in [-0.15, -0.1) is 0 Å². The molecule has 0 aliphatic heterocycles. The van der Waals surface area contributed by atoms with Crippen LogP contribution in [0.4, 0.5) is 18.9 Å². The second-order valence-electron chi connectivity index (χ2n) is 3.00. The lowest BCUT2D eigenvalue weighted by Crippen LogP contribution is -2.11. The Hall–Kier alpha value is -1.97. The smallest absolute Gasteiger partial charge is 0.258 e. The van der Waals surface area contributed by atoms with Crippen molar-refractivity contribution in [3.63, 3.8) is 0 Å². The Balaban J connectivity index is 3.64. The maximum absolute atomic E-state index is 12.3. The van der Waals surface area contributed by atoms with Gasteiger partial charge in [0.2, 0.25) is 9.84 Å². The predicted octanol–water partition coefficient (Wildman–Crippen LogP) is 1.93. The zero-order valence-corrected chi connectivity index (χ0v) is 9.33. The van der Waals surface area contributed by atoms with E-state index in [-0.39, 0.29) is 12.3 Å². The largest absolute Gasteiger partial charge is 0.433 e. The quantitative estimate of drug-likeness (QED) is 0.624. The normalized spacial score (nSPS) is 12.2. The molecule has 1 aromatic rings. The Morgan fingerprint density at radius 2 is 2.00 bits per heavy atom. The summed E-state index contributed by atoms with van der Waals surface area (Å²) in [4.78, 5) is 11.1. The van der Waals surface area contributed by atoms with Crippen molar-refractivity contribution >= 4 is 15.5 Å². The summed E-state index contributed by atoms with van der Waals surface area (Å²) in [6.45, 7) is 2.89. The van der Waals surface area contributed by atoms with Gasteiger partial charge in [-0.05, 0) is 6.07 Å². The Morgan fingerprint density at radius 3 is 2.39 bits per heavy atom. The van der Waals surface area contributed by atoms with Gasteiger partial charge in [-0.1, -0.05) is 6.58 Å². The van der Waals surface area contributed by atoms with Crippen LogP contribution in [0.15, 0.2) is 29.1 Å². The first-order valence-electron chi connectivity index (χ1n) is 4.18. The molecule has 0 saturated carbocycles. The van der Waals surface area contributed by atoms with E-state index >= 15 is 0 Å². The maximum atomic E-state index is 12.3. The highest BCUT2D eigenvalue weighted by atomic mass is 32.2. The molecule has 0 N–H and O–H groups in total. The second-order valence-corrected chi connectivity index (χ2v) is 4.87.